The number of hydrogen-bond acceptors (Lipinski definition) is 3. The first-order valence-electron chi connectivity index (χ1n) is 6.52. The van der Waals surface area contributed by atoms with Crippen molar-refractivity contribution in [3.8, 4) is 0 Å². The SMILES string of the molecule is O=C(CNCC1(CO)CCCCC1)NCC(F)(F)F. The van der Waals surface area contributed by atoms with E-state index in [1.165, 1.54) is 0 Å². The molecule has 3 N–H and O–H groups in total. The maximum absolute atomic E-state index is 11.9. The molecule has 0 radical (unpaired) electrons. The number of aliphatic hydroxyl groups is 1. The van der Waals surface area contributed by atoms with Crippen molar-refractivity contribution in [1.82, 2.24) is 10.6 Å². The van der Waals surface area contributed by atoms with Gasteiger partial charge in [0.25, 0.3) is 0 Å². The molecule has 0 heterocycles. The van der Waals surface area contributed by atoms with Crippen LogP contribution < -0.4 is 10.6 Å². The summed E-state index contributed by atoms with van der Waals surface area (Å²) in [5, 5.41) is 14.1. The molecule has 0 bridgehead atoms. The fourth-order valence-corrected chi connectivity index (χ4v) is 2.40. The maximum atomic E-state index is 11.9. The van der Waals surface area contributed by atoms with E-state index in [4.69, 9.17) is 0 Å². The predicted molar refractivity (Wildman–Crippen MR) is 64.5 cm³/mol. The summed E-state index contributed by atoms with van der Waals surface area (Å²) >= 11 is 0. The maximum Gasteiger partial charge on any atom is 0.405 e. The Morgan fingerprint density at radius 2 is 1.84 bits per heavy atom. The number of nitrogens with one attached hydrogen (secondary N) is 2. The molecule has 0 saturated heterocycles. The third kappa shape index (κ3) is 6.24. The van der Waals surface area contributed by atoms with Crippen LogP contribution in [0.4, 0.5) is 13.2 Å². The molecule has 0 spiro atoms. The lowest BCUT2D eigenvalue weighted by molar-refractivity contribution is -0.137. The summed E-state index contributed by atoms with van der Waals surface area (Å²) in [6.07, 6.45) is 0.630. The summed E-state index contributed by atoms with van der Waals surface area (Å²) < 4.78 is 35.6. The summed E-state index contributed by atoms with van der Waals surface area (Å²) in [6.45, 7) is -0.955. The minimum absolute atomic E-state index is 0.0458. The number of carbonyl (C=O) groups is 1. The number of aliphatic hydroxyl groups excluding tert-OH is 1. The number of rotatable bonds is 6. The third-order valence-corrected chi connectivity index (χ3v) is 3.52. The van der Waals surface area contributed by atoms with E-state index in [0.29, 0.717) is 6.54 Å². The van der Waals surface area contributed by atoms with Crippen molar-refractivity contribution in [2.24, 2.45) is 5.41 Å². The fourth-order valence-electron chi connectivity index (χ4n) is 2.40. The Bertz CT molecular complexity index is 289. The normalized spacial score (nSPS) is 19.2. The summed E-state index contributed by atoms with van der Waals surface area (Å²) in [7, 11) is 0. The number of halogens is 3. The van der Waals surface area contributed by atoms with Crippen LogP contribution in [0.2, 0.25) is 0 Å². The van der Waals surface area contributed by atoms with E-state index in [9.17, 15) is 23.1 Å². The van der Waals surface area contributed by atoms with E-state index in [-0.39, 0.29) is 18.6 Å². The highest BCUT2D eigenvalue weighted by atomic mass is 19.4. The van der Waals surface area contributed by atoms with Gasteiger partial charge in [-0.25, -0.2) is 0 Å². The predicted octanol–water partition coefficient (Wildman–Crippen LogP) is 1.20. The molecular weight excluding hydrogens is 261 g/mol. The van der Waals surface area contributed by atoms with Gasteiger partial charge < -0.3 is 15.7 Å². The van der Waals surface area contributed by atoms with Crippen LogP contribution in [0.1, 0.15) is 32.1 Å². The Morgan fingerprint density at radius 1 is 1.21 bits per heavy atom. The molecule has 1 saturated carbocycles. The van der Waals surface area contributed by atoms with Gasteiger partial charge in [-0.05, 0) is 12.8 Å². The van der Waals surface area contributed by atoms with Crippen molar-refractivity contribution in [2.75, 3.05) is 26.2 Å². The van der Waals surface area contributed by atoms with Gasteiger partial charge in [-0.15, -0.1) is 0 Å². The topological polar surface area (TPSA) is 61.4 Å². The lowest BCUT2D eigenvalue weighted by atomic mass is 9.74. The summed E-state index contributed by atoms with van der Waals surface area (Å²) in [5.74, 6) is -0.679. The van der Waals surface area contributed by atoms with Crippen LogP contribution >= 0.6 is 0 Å². The molecule has 1 amide bonds. The van der Waals surface area contributed by atoms with Crippen LogP contribution in [0.3, 0.4) is 0 Å². The number of amides is 1. The fraction of sp³-hybridized carbons (Fsp3) is 0.917. The number of alkyl halides is 3. The molecule has 4 nitrogen and oxygen atoms in total. The van der Waals surface area contributed by atoms with Gasteiger partial charge in [0.2, 0.25) is 5.91 Å². The molecule has 1 rings (SSSR count). The number of hydrogen-bond donors (Lipinski definition) is 3. The second kappa shape index (κ2) is 7.09. The van der Waals surface area contributed by atoms with Gasteiger partial charge in [0.05, 0.1) is 6.54 Å². The minimum Gasteiger partial charge on any atom is -0.396 e. The van der Waals surface area contributed by atoms with Crippen LogP contribution in [0.5, 0.6) is 0 Å². The van der Waals surface area contributed by atoms with Gasteiger partial charge in [-0.2, -0.15) is 13.2 Å². The Hall–Kier alpha value is -0.820. The molecule has 0 aliphatic heterocycles. The van der Waals surface area contributed by atoms with E-state index in [1.807, 2.05) is 0 Å². The van der Waals surface area contributed by atoms with E-state index in [0.717, 1.165) is 32.1 Å². The van der Waals surface area contributed by atoms with Crippen LogP contribution in [0.15, 0.2) is 0 Å². The standard InChI is InChI=1S/C12H21F3N2O2/c13-12(14,15)8-17-10(19)6-16-7-11(9-18)4-2-1-3-5-11/h16,18H,1-9H2,(H,17,19). The van der Waals surface area contributed by atoms with Crippen molar-refractivity contribution < 1.29 is 23.1 Å². The first-order chi connectivity index (χ1) is 8.87. The zero-order valence-electron chi connectivity index (χ0n) is 10.9. The van der Waals surface area contributed by atoms with Gasteiger partial charge in [0.1, 0.15) is 6.54 Å². The molecular formula is C12H21F3N2O2. The van der Waals surface area contributed by atoms with Crippen LogP contribution in [0, 0.1) is 5.41 Å². The average Bonchev–Trinajstić information content (AvgIpc) is 2.37. The Balaban J connectivity index is 2.23. The van der Waals surface area contributed by atoms with Crippen molar-refractivity contribution >= 4 is 5.91 Å². The zero-order valence-corrected chi connectivity index (χ0v) is 10.9. The van der Waals surface area contributed by atoms with E-state index in [2.05, 4.69) is 5.32 Å². The van der Waals surface area contributed by atoms with Crippen LogP contribution in [0.25, 0.3) is 0 Å². The minimum atomic E-state index is -4.38. The first kappa shape index (κ1) is 16.2. The second-order valence-electron chi connectivity index (χ2n) is 5.21. The smallest absolute Gasteiger partial charge is 0.396 e. The third-order valence-electron chi connectivity index (χ3n) is 3.52. The molecule has 0 aromatic heterocycles. The lowest BCUT2D eigenvalue weighted by Crippen LogP contribution is -2.44. The molecule has 0 unspecified atom stereocenters. The molecule has 0 aromatic rings. The average molecular weight is 282 g/mol. The van der Waals surface area contributed by atoms with Crippen molar-refractivity contribution in [2.45, 2.75) is 38.3 Å². The van der Waals surface area contributed by atoms with E-state index in [1.54, 1.807) is 5.32 Å². The zero-order chi connectivity index (χ0) is 14.4. The second-order valence-corrected chi connectivity index (χ2v) is 5.21. The highest BCUT2D eigenvalue weighted by Gasteiger charge is 2.31. The quantitative estimate of drug-likeness (QED) is 0.686. The number of carbonyl (C=O) groups excluding carboxylic acids is 1. The Morgan fingerprint density at radius 3 is 2.37 bits per heavy atom. The van der Waals surface area contributed by atoms with E-state index >= 15 is 0 Å². The highest BCUT2D eigenvalue weighted by molar-refractivity contribution is 5.78. The Kier molecular flexibility index (Phi) is 6.06. The first-order valence-corrected chi connectivity index (χ1v) is 6.52. The largest absolute Gasteiger partial charge is 0.405 e. The van der Waals surface area contributed by atoms with Crippen LogP contribution in [-0.4, -0.2) is 43.4 Å². The van der Waals surface area contributed by atoms with Crippen molar-refractivity contribution in [3.05, 3.63) is 0 Å². The van der Waals surface area contributed by atoms with Gasteiger partial charge in [-0.1, -0.05) is 19.3 Å². The Labute approximate surface area is 110 Å². The summed E-state index contributed by atoms with van der Waals surface area (Å²) in [5.41, 5.74) is -0.220. The van der Waals surface area contributed by atoms with Gasteiger partial charge in [-0.3, -0.25) is 4.79 Å². The molecule has 1 aliphatic rings. The monoisotopic (exact) mass is 282 g/mol. The molecule has 19 heavy (non-hydrogen) atoms. The summed E-state index contributed by atoms with van der Waals surface area (Å²) in [6, 6.07) is 0. The van der Waals surface area contributed by atoms with Crippen molar-refractivity contribution in [3.63, 3.8) is 0 Å². The molecule has 1 aliphatic carbocycles. The van der Waals surface area contributed by atoms with Gasteiger partial charge >= 0.3 is 6.18 Å². The van der Waals surface area contributed by atoms with Gasteiger partial charge in [0, 0.05) is 18.6 Å². The molecule has 1 fully saturated rings. The van der Waals surface area contributed by atoms with Crippen molar-refractivity contribution in [1.29, 1.82) is 0 Å². The lowest BCUT2D eigenvalue weighted by Gasteiger charge is -2.35. The summed E-state index contributed by atoms with van der Waals surface area (Å²) in [4.78, 5) is 11.2. The molecule has 112 valence electrons. The van der Waals surface area contributed by atoms with Gasteiger partial charge in [0.15, 0.2) is 0 Å². The van der Waals surface area contributed by atoms with E-state index < -0.39 is 18.6 Å². The highest BCUT2D eigenvalue weighted by Crippen LogP contribution is 2.35. The molecule has 0 aromatic carbocycles. The molecule has 0 atom stereocenters. The van der Waals surface area contributed by atoms with Crippen LogP contribution in [-0.2, 0) is 4.79 Å². The molecule has 7 heteroatoms.